The van der Waals surface area contributed by atoms with Crippen LogP contribution in [0.1, 0.15) is 6.92 Å². The van der Waals surface area contributed by atoms with Crippen molar-refractivity contribution in [3.05, 3.63) is 22.7 Å². The van der Waals surface area contributed by atoms with E-state index in [4.69, 9.17) is 0 Å². The lowest BCUT2D eigenvalue weighted by Crippen LogP contribution is -2.08. The van der Waals surface area contributed by atoms with E-state index in [0.717, 1.165) is 0 Å². The van der Waals surface area contributed by atoms with Crippen LogP contribution in [-0.2, 0) is 4.79 Å². The molecule has 1 N–H and O–H groups in total. The second-order valence-corrected chi connectivity index (χ2v) is 2.97. The molecular weight excluding hydrogens is 227 g/mol. The standard InChI is InChI=1S/C7H6BrFN2O/c1-4(12)10-5-2-3-6(8)11-7(5)9/h2-3H,1H3,(H,10,12). The summed E-state index contributed by atoms with van der Waals surface area (Å²) in [6, 6.07) is 2.99. The number of hydrogen-bond donors (Lipinski definition) is 1. The number of nitrogens with zero attached hydrogens (tertiary/aromatic N) is 1. The summed E-state index contributed by atoms with van der Waals surface area (Å²) in [5.74, 6) is -1.02. The molecule has 0 saturated heterocycles. The van der Waals surface area contributed by atoms with Gasteiger partial charge >= 0.3 is 0 Å². The number of carbonyl (C=O) groups is 1. The molecule has 0 radical (unpaired) electrons. The third kappa shape index (κ3) is 2.27. The van der Waals surface area contributed by atoms with Crippen LogP contribution in [0.2, 0.25) is 0 Å². The lowest BCUT2D eigenvalue weighted by molar-refractivity contribution is -0.114. The Kier molecular flexibility index (Phi) is 2.75. The van der Waals surface area contributed by atoms with Crippen molar-refractivity contribution in [1.29, 1.82) is 0 Å². The van der Waals surface area contributed by atoms with Gasteiger partial charge < -0.3 is 5.32 Å². The van der Waals surface area contributed by atoms with Gasteiger partial charge in [-0.1, -0.05) is 0 Å². The predicted octanol–water partition coefficient (Wildman–Crippen LogP) is 1.94. The molecule has 1 amide bonds. The lowest BCUT2D eigenvalue weighted by atomic mass is 10.4. The highest BCUT2D eigenvalue weighted by atomic mass is 79.9. The normalized spacial score (nSPS) is 9.58. The van der Waals surface area contributed by atoms with Gasteiger partial charge in [-0.25, -0.2) is 4.98 Å². The van der Waals surface area contributed by atoms with E-state index in [9.17, 15) is 9.18 Å². The molecule has 1 heterocycles. The van der Waals surface area contributed by atoms with Gasteiger partial charge in [0.15, 0.2) is 0 Å². The van der Waals surface area contributed by atoms with Gasteiger partial charge in [0.25, 0.3) is 0 Å². The van der Waals surface area contributed by atoms with Crippen LogP contribution < -0.4 is 5.32 Å². The number of pyridine rings is 1. The first-order chi connectivity index (χ1) is 5.59. The zero-order valence-electron chi connectivity index (χ0n) is 6.27. The molecule has 64 valence electrons. The summed E-state index contributed by atoms with van der Waals surface area (Å²) in [4.78, 5) is 14.0. The Hall–Kier alpha value is -0.970. The van der Waals surface area contributed by atoms with E-state index >= 15 is 0 Å². The van der Waals surface area contributed by atoms with Crippen LogP contribution >= 0.6 is 15.9 Å². The highest BCUT2D eigenvalue weighted by Crippen LogP contribution is 2.14. The van der Waals surface area contributed by atoms with E-state index < -0.39 is 5.95 Å². The molecule has 3 nitrogen and oxygen atoms in total. The van der Waals surface area contributed by atoms with E-state index in [1.807, 2.05) is 0 Å². The van der Waals surface area contributed by atoms with Crippen molar-refractivity contribution in [2.24, 2.45) is 0 Å². The highest BCUT2D eigenvalue weighted by molar-refractivity contribution is 9.10. The molecule has 0 fully saturated rings. The maximum absolute atomic E-state index is 12.9. The number of anilines is 1. The Morgan fingerprint density at radius 1 is 1.67 bits per heavy atom. The number of aromatic nitrogens is 1. The van der Waals surface area contributed by atoms with E-state index in [1.165, 1.54) is 13.0 Å². The van der Waals surface area contributed by atoms with Crippen molar-refractivity contribution < 1.29 is 9.18 Å². The first kappa shape index (κ1) is 9.12. The van der Waals surface area contributed by atoms with Crippen LogP contribution in [0, 0.1) is 5.95 Å². The largest absolute Gasteiger partial charge is 0.322 e. The Balaban J connectivity index is 2.93. The molecule has 0 bridgehead atoms. The number of carbonyl (C=O) groups excluding carboxylic acids is 1. The van der Waals surface area contributed by atoms with E-state index in [-0.39, 0.29) is 11.6 Å². The summed E-state index contributed by atoms with van der Waals surface area (Å²) in [6.45, 7) is 1.31. The molecule has 0 atom stereocenters. The molecule has 0 aliphatic rings. The number of rotatable bonds is 1. The van der Waals surface area contributed by atoms with Gasteiger partial charge in [0.1, 0.15) is 4.60 Å². The van der Waals surface area contributed by atoms with Gasteiger partial charge in [-0.3, -0.25) is 4.79 Å². The van der Waals surface area contributed by atoms with Crippen LogP contribution in [-0.4, -0.2) is 10.9 Å². The first-order valence-corrected chi connectivity index (χ1v) is 3.98. The molecule has 0 unspecified atom stereocenters. The minimum absolute atomic E-state index is 0.0886. The molecular formula is C7H6BrFN2O. The van der Waals surface area contributed by atoms with Crippen LogP contribution in [0.3, 0.4) is 0 Å². The summed E-state index contributed by atoms with van der Waals surface area (Å²) in [5, 5.41) is 2.30. The maximum atomic E-state index is 12.9. The zero-order chi connectivity index (χ0) is 9.14. The van der Waals surface area contributed by atoms with E-state index in [0.29, 0.717) is 4.60 Å². The second kappa shape index (κ2) is 3.62. The molecule has 1 aromatic heterocycles. The Bertz CT molecular complexity index is 316. The number of nitrogens with one attached hydrogen (secondary N) is 1. The predicted molar refractivity (Wildman–Crippen MR) is 46.2 cm³/mol. The van der Waals surface area contributed by atoms with Crippen molar-refractivity contribution in [2.45, 2.75) is 6.92 Å². The molecule has 1 rings (SSSR count). The number of halogens is 2. The molecule has 12 heavy (non-hydrogen) atoms. The fourth-order valence-electron chi connectivity index (χ4n) is 0.695. The van der Waals surface area contributed by atoms with Crippen molar-refractivity contribution in [3.63, 3.8) is 0 Å². The monoisotopic (exact) mass is 232 g/mol. The summed E-state index contributed by atoms with van der Waals surface area (Å²) in [7, 11) is 0. The van der Waals surface area contributed by atoms with E-state index in [1.54, 1.807) is 6.07 Å². The number of amides is 1. The van der Waals surface area contributed by atoms with Gasteiger partial charge in [0.05, 0.1) is 5.69 Å². The molecule has 0 aromatic carbocycles. The molecule has 1 aromatic rings. The van der Waals surface area contributed by atoms with Crippen LogP contribution in [0.15, 0.2) is 16.7 Å². The van der Waals surface area contributed by atoms with Gasteiger partial charge in [-0.05, 0) is 28.1 Å². The Labute approximate surface area is 77.1 Å². The smallest absolute Gasteiger partial charge is 0.237 e. The van der Waals surface area contributed by atoms with Crippen molar-refractivity contribution in [1.82, 2.24) is 4.98 Å². The fourth-order valence-corrected chi connectivity index (χ4v) is 0.983. The van der Waals surface area contributed by atoms with Crippen molar-refractivity contribution in [3.8, 4) is 0 Å². The minimum atomic E-state index is -0.695. The van der Waals surface area contributed by atoms with Crippen molar-refractivity contribution in [2.75, 3.05) is 5.32 Å². The minimum Gasteiger partial charge on any atom is -0.322 e. The van der Waals surface area contributed by atoms with Crippen LogP contribution in [0.25, 0.3) is 0 Å². The molecule has 0 saturated carbocycles. The zero-order valence-corrected chi connectivity index (χ0v) is 7.85. The van der Waals surface area contributed by atoms with Gasteiger partial charge in [-0.15, -0.1) is 0 Å². The average Bonchev–Trinajstić information content (AvgIpc) is 1.94. The molecule has 0 aliphatic heterocycles. The van der Waals surface area contributed by atoms with Crippen LogP contribution in [0.4, 0.5) is 10.1 Å². The molecule has 0 spiro atoms. The highest BCUT2D eigenvalue weighted by Gasteiger charge is 2.04. The summed E-state index contributed by atoms with van der Waals surface area (Å²) in [6.07, 6.45) is 0. The summed E-state index contributed by atoms with van der Waals surface area (Å²) < 4.78 is 13.3. The van der Waals surface area contributed by atoms with Gasteiger partial charge in [0, 0.05) is 6.92 Å². The topological polar surface area (TPSA) is 42.0 Å². The fraction of sp³-hybridized carbons (Fsp3) is 0.143. The molecule has 0 aliphatic carbocycles. The molecule has 5 heteroatoms. The lowest BCUT2D eigenvalue weighted by Gasteiger charge is -2.01. The quantitative estimate of drug-likeness (QED) is 0.753. The van der Waals surface area contributed by atoms with Gasteiger partial charge in [0.2, 0.25) is 11.9 Å². The van der Waals surface area contributed by atoms with Crippen molar-refractivity contribution >= 4 is 27.5 Å². The maximum Gasteiger partial charge on any atom is 0.237 e. The van der Waals surface area contributed by atoms with Gasteiger partial charge in [-0.2, -0.15) is 4.39 Å². The average molecular weight is 233 g/mol. The second-order valence-electron chi connectivity index (χ2n) is 2.15. The summed E-state index contributed by atoms with van der Waals surface area (Å²) in [5.41, 5.74) is 0.0886. The first-order valence-electron chi connectivity index (χ1n) is 3.19. The Morgan fingerprint density at radius 2 is 2.33 bits per heavy atom. The third-order valence-electron chi connectivity index (χ3n) is 1.13. The third-order valence-corrected chi connectivity index (χ3v) is 1.57. The Morgan fingerprint density at radius 3 is 2.83 bits per heavy atom. The number of hydrogen-bond acceptors (Lipinski definition) is 2. The SMILES string of the molecule is CC(=O)Nc1ccc(Br)nc1F. The van der Waals surface area contributed by atoms with E-state index in [2.05, 4.69) is 26.2 Å². The van der Waals surface area contributed by atoms with Crippen LogP contribution in [0.5, 0.6) is 0 Å². The summed E-state index contributed by atoms with van der Waals surface area (Å²) >= 11 is 3.00.